The zero-order chi connectivity index (χ0) is 12.0. The van der Waals surface area contributed by atoms with Crippen molar-refractivity contribution >= 4 is 0 Å². The molecule has 0 fully saturated rings. The van der Waals surface area contributed by atoms with E-state index in [1.165, 1.54) is 19.3 Å². The zero-order valence-electron chi connectivity index (χ0n) is 10.8. The van der Waals surface area contributed by atoms with Crippen LogP contribution in [-0.4, -0.2) is 4.98 Å². The van der Waals surface area contributed by atoms with E-state index in [9.17, 15) is 0 Å². The Morgan fingerprint density at radius 2 is 2.12 bits per heavy atom. The first kappa shape index (κ1) is 13.0. The number of oxazole rings is 1. The van der Waals surface area contributed by atoms with Crippen LogP contribution in [0.2, 0.25) is 0 Å². The number of nitrogens with zero attached hydrogens (tertiary/aromatic N) is 1. The van der Waals surface area contributed by atoms with Crippen LogP contribution >= 0.6 is 0 Å². The topological polar surface area (TPSA) is 26.0 Å². The van der Waals surface area contributed by atoms with Crippen LogP contribution in [0, 0.1) is 13.8 Å². The average Bonchev–Trinajstić information content (AvgIpc) is 2.59. The van der Waals surface area contributed by atoms with Gasteiger partial charge in [0.2, 0.25) is 0 Å². The van der Waals surface area contributed by atoms with Crippen LogP contribution in [-0.2, 0) is 0 Å². The van der Waals surface area contributed by atoms with E-state index in [-0.39, 0.29) is 0 Å². The highest BCUT2D eigenvalue weighted by molar-refractivity contribution is 5.08. The fourth-order valence-electron chi connectivity index (χ4n) is 1.83. The maximum atomic E-state index is 5.73. The first-order valence-corrected chi connectivity index (χ1v) is 6.23. The van der Waals surface area contributed by atoms with E-state index in [1.54, 1.807) is 0 Å². The third-order valence-corrected chi connectivity index (χ3v) is 3.02. The monoisotopic (exact) mass is 221 g/mol. The minimum Gasteiger partial charge on any atom is -0.445 e. The van der Waals surface area contributed by atoms with E-state index in [0.29, 0.717) is 5.92 Å². The molecule has 1 aromatic heterocycles. The summed E-state index contributed by atoms with van der Waals surface area (Å²) < 4.78 is 5.73. The van der Waals surface area contributed by atoms with Crippen LogP contribution in [0.15, 0.2) is 17.1 Å². The third kappa shape index (κ3) is 3.51. The molecule has 0 aromatic carbocycles. The Balaban J connectivity index is 2.69. The van der Waals surface area contributed by atoms with E-state index >= 15 is 0 Å². The van der Waals surface area contributed by atoms with Crippen LogP contribution in [0.25, 0.3) is 0 Å². The largest absolute Gasteiger partial charge is 0.445 e. The number of aromatic nitrogens is 1. The van der Waals surface area contributed by atoms with Gasteiger partial charge in [-0.05, 0) is 33.1 Å². The number of hydrogen-bond acceptors (Lipinski definition) is 2. The molecule has 1 rings (SSSR count). The summed E-state index contributed by atoms with van der Waals surface area (Å²) in [7, 11) is 0. The molecule has 0 amide bonds. The number of allylic oxidation sites excluding steroid dienone is 1. The molecule has 2 nitrogen and oxygen atoms in total. The van der Waals surface area contributed by atoms with Crippen molar-refractivity contribution in [3.05, 3.63) is 30.0 Å². The lowest BCUT2D eigenvalue weighted by molar-refractivity contribution is 0.397. The molecule has 1 aromatic rings. The number of rotatable bonds is 7. The van der Waals surface area contributed by atoms with Gasteiger partial charge in [-0.2, -0.15) is 0 Å². The van der Waals surface area contributed by atoms with Crippen LogP contribution in [0.3, 0.4) is 0 Å². The molecule has 0 aliphatic heterocycles. The highest BCUT2D eigenvalue weighted by atomic mass is 16.4. The zero-order valence-corrected chi connectivity index (χ0v) is 10.8. The molecule has 2 heteroatoms. The van der Waals surface area contributed by atoms with Crippen molar-refractivity contribution in [1.82, 2.24) is 4.98 Å². The maximum Gasteiger partial charge on any atom is 0.197 e. The third-order valence-electron chi connectivity index (χ3n) is 3.02. The minimum absolute atomic E-state index is 0.463. The highest BCUT2D eigenvalue weighted by Gasteiger charge is 2.17. The SMILES string of the molecule is C=CCCC(CCCC)c1nc(C)c(C)o1. The van der Waals surface area contributed by atoms with Crippen molar-refractivity contribution in [2.75, 3.05) is 0 Å². The fraction of sp³-hybridized carbons (Fsp3) is 0.643. The molecule has 0 saturated carbocycles. The predicted octanol–water partition coefficient (Wildman–Crippen LogP) is 4.53. The molecule has 16 heavy (non-hydrogen) atoms. The van der Waals surface area contributed by atoms with Gasteiger partial charge in [0, 0.05) is 5.92 Å². The Kier molecular flexibility index (Phi) is 5.30. The smallest absolute Gasteiger partial charge is 0.197 e. The fourth-order valence-corrected chi connectivity index (χ4v) is 1.83. The number of aryl methyl sites for hydroxylation is 2. The average molecular weight is 221 g/mol. The van der Waals surface area contributed by atoms with Gasteiger partial charge in [0.25, 0.3) is 0 Å². The summed E-state index contributed by atoms with van der Waals surface area (Å²) in [4.78, 5) is 4.52. The first-order valence-electron chi connectivity index (χ1n) is 6.23. The molecule has 0 N–H and O–H groups in total. The summed E-state index contributed by atoms with van der Waals surface area (Å²) >= 11 is 0. The Labute approximate surface area is 98.8 Å². The summed E-state index contributed by atoms with van der Waals surface area (Å²) in [6.07, 6.45) is 7.74. The molecular formula is C14H23NO. The quantitative estimate of drug-likeness (QED) is 0.632. The van der Waals surface area contributed by atoms with E-state index < -0.39 is 0 Å². The second kappa shape index (κ2) is 6.51. The summed E-state index contributed by atoms with van der Waals surface area (Å²) in [5, 5.41) is 0. The lowest BCUT2D eigenvalue weighted by Gasteiger charge is -2.11. The van der Waals surface area contributed by atoms with Gasteiger partial charge in [-0.25, -0.2) is 4.98 Å². The first-order chi connectivity index (χ1) is 7.69. The van der Waals surface area contributed by atoms with Gasteiger partial charge in [0.15, 0.2) is 5.89 Å². The Bertz CT molecular complexity index is 308. The normalized spacial score (nSPS) is 12.7. The van der Waals surface area contributed by atoms with Crippen molar-refractivity contribution in [3.8, 4) is 0 Å². The predicted molar refractivity (Wildman–Crippen MR) is 67.7 cm³/mol. The molecule has 90 valence electrons. The van der Waals surface area contributed by atoms with Crippen molar-refractivity contribution in [3.63, 3.8) is 0 Å². The molecule has 1 heterocycles. The molecule has 0 bridgehead atoms. The second-order valence-corrected chi connectivity index (χ2v) is 4.40. The van der Waals surface area contributed by atoms with Gasteiger partial charge < -0.3 is 4.42 Å². The second-order valence-electron chi connectivity index (χ2n) is 4.40. The van der Waals surface area contributed by atoms with Gasteiger partial charge in [0.1, 0.15) is 5.76 Å². The van der Waals surface area contributed by atoms with Crippen molar-refractivity contribution in [1.29, 1.82) is 0 Å². The van der Waals surface area contributed by atoms with Crippen LogP contribution in [0.4, 0.5) is 0 Å². The minimum atomic E-state index is 0.463. The van der Waals surface area contributed by atoms with Gasteiger partial charge in [0.05, 0.1) is 5.69 Å². The van der Waals surface area contributed by atoms with Crippen molar-refractivity contribution in [2.45, 2.75) is 58.8 Å². The lowest BCUT2D eigenvalue weighted by atomic mass is 9.97. The van der Waals surface area contributed by atoms with E-state index in [4.69, 9.17) is 4.42 Å². The molecule has 0 radical (unpaired) electrons. The lowest BCUT2D eigenvalue weighted by Crippen LogP contribution is -1.99. The van der Waals surface area contributed by atoms with Crippen LogP contribution in [0.1, 0.15) is 62.3 Å². The van der Waals surface area contributed by atoms with E-state index in [2.05, 4.69) is 18.5 Å². The van der Waals surface area contributed by atoms with Gasteiger partial charge in [-0.15, -0.1) is 6.58 Å². The van der Waals surface area contributed by atoms with Crippen molar-refractivity contribution < 1.29 is 4.42 Å². The van der Waals surface area contributed by atoms with E-state index in [1.807, 2.05) is 19.9 Å². The molecule has 0 spiro atoms. The summed E-state index contributed by atoms with van der Waals surface area (Å²) in [5.41, 5.74) is 1.02. The molecule has 1 atom stereocenters. The van der Waals surface area contributed by atoms with Crippen LogP contribution < -0.4 is 0 Å². The van der Waals surface area contributed by atoms with Gasteiger partial charge >= 0.3 is 0 Å². The molecule has 0 saturated heterocycles. The summed E-state index contributed by atoms with van der Waals surface area (Å²) in [5.74, 6) is 2.34. The molecule has 0 aliphatic rings. The Hall–Kier alpha value is -1.05. The van der Waals surface area contributed by atoms with Gasteiger partial charge in [-0.3, -0.25) is 0 Å². The highest BCUT2D eigenvalue weighted by Crippen LogP contribution is 2.27. The molecule has 1 unspecified atom stereocenters. The summed E-state index contributed by atoms with van der Waals surface area (Å²) in [6, 6.07) is 0. The maximum absolute atomic E-state index is 5.73. The van der Waals surface area contributed by atoms with E-state index in [0.717, 1.165) is 30.2 Å². The number of unbranched alkanes of at least 4 members (excludes halogenated alkanes) is 1. The Morgan fingerprint density at radius 3 is 2.62 bits per heavy atom. The number of hydrogen-bond donors (Lipinski definition) is 0. The molecular weight excluding hydrogens is 198 g/mol. The summed E-state index contributed by atoms with van der Waals surface area (Å²) in [6.45, 7) is 9.99. The van der Waals surface area contributed by atoms with Gasteiger partial charge in [-0.1, -0.05) is 25.8 Å². The molecule has 0 aliphatic carbocycles. The Morgan fingerprint density at radius 1 is 1.38 bits per heavy atom. The van der Waals surface area contributed by atoms with Crippen molar-refractivity contribution in [2.24, 2.45) is 0 Å². The van der Waals surface area contributed by atoms with Crippen LogP contribution in [0.5, 0.6) is 0 Å². The standard InChI is InChI=1S/C14H23NO/c1-5-7-9-13(10-8-6-2)14-15-11(3)12(4)16-14/h5,13H,1,6-10H2,2-4H3.